The zero-order valence-corrected chi connectivity index (χ0v) is 15.2. The van der Waals surface area contributed by atoms with Crippen molar-refractivity contribution in [2.24, 2.45) is 5.41 Å². The van der Waals surface area contributed by atoms with Crippen molar-refractivity contribution in [1.29, 1.82) is 0 Å². The van der Waals surface area contributed by atoms with Crippen LogP contribution in [-0.2, 0) is 4.79 Å². The molecule has 3 aliphatic heterocycles. The fourth-order valence-corrected chi connectivity index (χ4v) is 4.43. The van der Waals surface area contributed by atoms with Gasteiger partial charge in [-0.1, -0.05) is 18.2 Å². The highest BCUT2D eigenvalue weighted by atomic mass is 35.5. The molecule has 3 saturated heterocycles. The molecule has 0 saturated carbocycles. The number of piperidine rings is 1. The molecule has 5 nitrogen and oxygen atoms in total. The van der Waals surface area contributed by atoms with Gasteiger partial charge < -0.3 is 15.5 Å². The molecule has 3 heterocycles. The molecule has 3 fully saturated rings. The van der Waals surface area contributed by atoms with Crippen molar-refractivity contribution in [2.75, 3.05) is 32.7 Å². The smallest absolute Gasteiger partial charge is 0.254 e. The summed E-state index contributed by atoms with van der Waals surface area (Å²) in [4.78, 5) is 26.6. The first-order valence-corrected chi connectivity index (χ1v) is 9.03. The molecule has 1 atom stereocenters. The summed E-state index contributed by atoms with van der Waals surface area (Å²) in [5.41, 5.74) is 2.14. The Morgan fingerprint density at radius 1 is 1.20 bits per heavy atom. The molecule has 1 unspecified atom stereocenters. The normalized spacial score (nSPS) is 24.9. The van der Waals surface area contributed by atoms with Crippen LogP contribution in [0.15, 0.2) is 24.3 Å². The summed E-state index contributed by atoms with van der Waals surface area (Å²) in [5.74, 6) is 0.761. The van der Waals surface area contributed by atoms with Crippen LogP contribution in [0, 0.1) is 5.41 Å². The minimum atomic E-state index is 0. The second kappa shape index (κ2) is 7.34. The topological polar surface area (TPSA) is 61.4 Å². The average Bonchev–Trinajstić information content (AvgIpc) is 3.26. The Morgan fingerprint density at radius 2 is 1.96 bits per heavy atom. The Kier molecular flexibility index (Phi) is 5.35. The van der Waals surface area contributed by atoms with E-state index >= 15 is 0 Å². The number of rotatable bonds is 2. The van der Waals surface area contributed by atoms with Crippen molar-refractivity contribution in [3.05, 3.63) is 35.4 Å². The van der Waals surface area contributed by atoms with Crippen LogP contribution in [0.4, 0.5) is 0 Å². The van der Waals surface area contributed by atoms with Gasteiger partial charge >= 0.3 is 0 Å². The van der Waals surface area contributed by atoms with Gasteiger partial charge in [0.2, 0.25) is 5.91 Å². The lowest BCUT2D eigenvalue weighted by Gasteiger charge is -2.38. The van der Waals surface area contributed by atoms with Crippen molar-refractivity contribution in [3.63, 3.8) is 0 Å². The molecule has 0 aromatic heterocycles. The van der Waals surface area contributed by atoms with E-state index in [0.717, 1.165) is 57.5 Å². The van der Waals surface area contributed by atoms with E-state index in [1.54, 1.807) is 0 Å². The summed E-state index contributed by atoms with van der Waals surface area (Å²) >= 11 is 0. The third-order valence-corrected chi connectivity index (χ3v) is 6.00. The molecule has 6 heteroatoms. The number of benzene rings is 1. The van der Waals surface area contributed by atoms with Gasteiger partial charge in [0.25, 0.3) is 5.91 Å². The first-order chi connectivity index (χ1) is 11.7. The van der Waals surface area contributed by atoms with Gasteiger partial charge in [-0.3, -0.25) is 9.59 Å². The summed E-state index contributed by atoms with van der Waals surface area (Å²) in [7, 11) is 0. The maximum Gasteiger partial charge on any atom is 0.254 e. The number of halogens is 1. The van der Waals surface area contributed by atoms with Crippen LogP contribution in [0.5, 0.6) is 0 Å². The van der Waals surface area contributed by atoms with Gasteiger partial charge in [0.15, 0.2) is 0 Å². The molecule has 2 N–H and O–H groups in total. The second-order valence-corrected chi connectivity index (χ2v) is 7.52. The van der Waals surface area contributed by atoms with Gasteiger partial charge in [-0.25, -0.2) is 0 Å². The van der Waals surface area contributed by atoms with Crippen LogP contribution in [0.3, 0.4) is 0 Å². The van der Waals surface area contributed by atoms with E-state index in [0.29, 0.717) is 12.3 Å². The molecular weight excluding hydrogens is 338 g/mol. The zero-order valence-electron chi connectivity index (χ0n) is 14.4. The Morgan fingerprint density at radius 3 is 2.60 bits per heavy atom. The number of hydrogen-bond acceptors (Lipinski definition) is 3. The van der Waals surface area contributed by atoms with Gasteiger partial charge in [0.05, 0.1) is 0 Å². The molecule has 0 aliphatic carbocycles. The van der Waals surface area contributed by atoms with E-state index in [1.807, 2.05) is 23.1 Å². The van der Waals surface area contributed by atoms with Crippen molar-refractivity contribution in [3.8, 4) is 0 Å². The number of carbonyl (C=O) groups is 2. The number of carbonyl (C=O) groups excluding carboxylic acids is 2. The van der Waals surface area contributed by atoms with E-state index in [9.17, 15) is 9.59 Å². The number of nitrogens with one attached hydrogen (secondary N) is 2. The predicted molar refractivity (Wildman–Crippen MR) is 99.1 cm³/mol. The van der Waals surface area contributed by atoms with Crippen LogP contribution in [0.1, 0.15) is 47.5 Å². The fourth-order valence-electron chi connectivity index (χ4n) is 4.43. The molecule has 0 radical (unpaired) electrons. The fraction of sp³-hybridized carbons (Fsp3) is 0.579. The number of likely N-dealkylation sites (tertiary alicyclic amines) is 1. The lowest BCUT2D eigenvalue weighted by Crippen LogP contribution is -2.44. The molecule has 1 aromatic rings. The maximum absolute atomic E-state index is 13.1. The van der Waals surface area contributed by atoms with Crippen LogP contribution in [0.25, 0.3) is 0 Å². The van der Waals surface area contributed by atoms with Crippen LogP contribution < -0.4 is 10.6 Å². The maximum atomic E-state index is 13.1. The highest BCUT2D eigenvalue weighted by Gasteiger charge is 2.42. The molecule has 2 amide bonds. The second-order valence-electron chi connectivity index (χ2n) is 7.52. The third-order valence-electron chi connectivity index (χ3n) is 6.00. The van der Waals surface area contributed by atoms with Crippen molar-refractivity contribution in [1.82, 2.24) is 15.5 Å². The van der Waals surface area contributed by atoms with Gasteiger partial charge in [-0.2, -0.15) is 0 Å². The van der Waals surface area contributed by atoms with E-state index in [1.165, 1.54) is 5.56 Å². The highest BCUT2D eigenvalue weighted by molar-refractivity contribution is 5.96. The number of amides is 2. The molecule has 4 rings (SSSR count). The molecular formula is C19H26ClN3O2. The lowest BCUT2D eigenvalue weighted by atomic mass is 9.77. The summed E-state index contributed by atoms with van der Waals surface area (Å²) < 4.78 is 0. The first kappa shape index (κ1) is 18.2. The molecule has 136 valence electrons. The average molecular weight is 364 g/mol. The Hall–Kier alpha value is -1.59. The standard InChI is InChI=1S/C19H25N3O2.ClH/c23-17-11-19(13-21-17)6-9-22(10-7-19)18(24)16-4-2-1-3-15(16)14-5-8-20-12-14;/h1-4,14,20H,5-13H2,(H,21,23);1H. The number of hydrogen-bond donors (Lipinski definition) is 2. The molecule has 1 aromatic carbocycles. The third kappa shape index (κ3) is 3.53. The quantitative estimate of drug-likeness (QED) is 0.844. The van der Waals surface area contributed by atoms with E-state index in [2.05, 4.69) is 16.7 Å². The zero-order chi connectivity index (χ0) is 16.6. The summed E-state index contributed by atoms with van der Waals surface area (Å²) in [6, 6.07) is 8.08. The minimum Gasteiger partial charge on any atom is -0.356 e. The Balaban J connectivity index is 0.00000182. The van der Waals surface area contributed by atoms with Crippen LogP contribution >= 0.6 is 12.4 Å². The predicted octanol–water partition coefficient (Wildman–Crippen LogP) is 1.93. The summed E-state index contributed by atoms with van der Waals surface area (Å²) in [5, 5.41) is 6.34. The molecule has 25 heavy (non-hydrogen) atoms. The van der Waals surface area contributed by atoms with Crippen molar-refractivity contribution >= 4 is 24.2 Å². The molecule has 3 aliphatic rings. The minimum absolute atomic E-state index is 0. The van der Waals surface area contributed by atoms with Crippen LogP contribution in [0.2, 0.25) is 0 Å². The Bertz CT molecular complexity index is 650. The van der Waals surface area contributed by atoms with E-state index in [4.69, 9.17) is 0 Å². The Labute approximate surface area is 154 Å². The SMILES string of the molecule is Cl.O=C1CC2(CCN(C(=O)c3ccccc3C3CCNC3)CC2)CN1. The monoisotopic (exact) mass is 363 g/mol. The van der Waals surface area contributed by atoms with Crippen molar-refractivity contribution < 1.29 is 9.59 Å². The van der Waals surface area contributed by atoms with E-state index in [-0.39, 0.29) is 29.6 Å². The number of nitrogens with zero attached hydrogens (tertiary/aromatic N) is 1. The van der Waals surface area contributed by atoms with Gasteiger partial charge in [-0.15, -0.1) is 12.4 Å². The van der Waals surface area contributed by atoms with E-state index < -0.39 is 0 Å². The summed E-state index contributed by atoms with van der Waals surface area (Å²) in [6.07, 6.45) is 3.57. The van der Waals surface area contributed by atoms with Gasteiger partial charge in [0, 0.05) is 38.2 Å². The van der Waals surface area contributed by atoms with Crippen LogP contribution in [-0.4, -0.2) is 49.4 Å². The highest BCUT2D eigenvalue weighted by Crippen LogP contribution is 2.38. The van der Waals surface area contributed by atoms with Crippen molar-refractivity contribution in [2.45, 2.75) is 31.6 Å². The summed E-state index contributed by atoms with van der Waals surface area (Å²) in [6.45, 7) is 4.27. The first-order valence-electron chi connectivity index (χ1n) is 9.03. The van der Waals surface area contributed by atoms with Gasteiger partial charge in [0.1, 0.15) is 0 Å². The largest absolute Gasteiger partial charge is 0.356 e. The molecule has 1 spiro atoms. The molecule has 0 bridgehead atoms. The lowest BCUT2D eigenvalue weighted by molar-refractivity contribution is -0.119. The van der Waals surface area contributed by atoms with Gasteiger partial charge in [-0.05, 0) is 48.8 Å².